The highest BCUT2D eigenvalue weighted by molar-refractivity contribution is 5.76. The molecule has 14 heteroatoms. The van der Waals surface area contributed by atoms with Crippen LogP contribution in [-0.2, 0) is 23.7 Å². The summed E-state index contributed by atoms with van der Waals surface area (Å²) in [4.78, 5) is 13.3. The molecule has 2 heterocycles. The molecule has 12 unspecified atom stereocenters. The van der Waals surface area contributed by atoms with Crippen LogP contribution in [0.15, 0.2) is 0 Å². The molecule has 524 valence electrons. The van der Waals surface area contributed by atoms with E-state index in [1.54, 1.807) is 0 Å². The standard InChI is InChI=1S/C74H145NO13/c1-3-5-7-9-11-13-15-17-19-20-21-22-23-24-25-26-27-28-29-30-31-32-33-34-35-36-37-38-39-40-41-42-44-46-48-50-52-54-56-58-66(79)75-62(63(78)57-55-53-51-49-47-45-43-18-16-14-12-10-8-6-4-2)61-85-73-71(84)69(82)72(65(60-77)87-73)88-74-70(83)68(81)67(80)64(59-76)86-74/h62-65,67-74,76-78,80-84H,3-61H2,1-2H3,(H,75,79). The smallest absolute Gasteiger partial charge is 0.220 e. The molecule has 0 saturated carbocycles. The van der Waals surface area contributed by atoms with Gasteiger partial charge in [-0.15, -0.1) is 0 Å². The van der Waals surface area contributed by atoms with Crippen molar-refractivity contribution < 1.29 is 64.6 Å². The van der Waals surface area contributed by atoms with Crippen molar-refractivity contribution in [1.82, 2.24) is 5.32 Å². The third-order valence-electron chi connectivity index (χ3n) is 19.3. The number of carbonyl (C=O) groups excluding carboxylic acids is 1. The number of unbranched alkanes of at least 4 members (excludes halogenated alkanes) is 52. The largest absolute Gasteiger partial charge is 0.394 e. The zero-order chi connectivity index (χ0) is 63.8. The second-order valence-electron chi connectivity index (χ2n) is 27.5. The Kier molecular flexibility index (Phi) is 56.4. The second-order valence-corrected chi connectivity index (χ2v) is 27.5. The van der Waals surface area contributed by atoms with Crippen molar-refractivity contribution in [2.24, 2.45) is 0 Å². The van der Waals surface area contributed by atoms with Crippen molar-refractivity contribution in [3.8, 4) is 0 Å². The Hall–Kier alpha value is -1.01. The Morgan fingerprint density at radius 3 is 0.966 bits per heavy atom. The SMILES string of the molecule is CCCCCCCCCCCCCCCCCCCCCCCCCCCCCCCCCCCCCCCCCC(=O)NC(COC1OC(CO)C(OC2OC(CO)C(O)C(O)C2O)C(O)C1O)C(O)CCCCCCCCCCCCCCCCC. The minimum absolute atomic E-state index is 0.197. The fraction of sp³-hybridized carbons (Fsp3) is 0.986. The predicted octanol–water partition coefficient (Wildman–Crippen LogP) is 16.4. The first-order chi connectivity index (χ1) is 43.1. The molecule has 2 aliphatic heterocycles. The third-order valence-corrected chi connectivity index (χ3v) is 19.3. The Morgan fingerprint density at radius 1 is 0.364 bits per heavy atom. The van der Waals surface area contributed by atoms with Gasteiger partial charge in [-0.25, -0.2) is 0 Å². The van der Waals surface area contributed by atoms with E-state index in [2.05, 4.69) is 19.2 Å². The van der Waals surface area contributed by atoms with Crippen LogP contribution in [0.1, 0.15) is 373 Å². The van der Waals surface area contributed by atoms with Gasteiger partial charge in [-0.2, -0.15) is 0 Å². The summed E-state index contributed by atoms with van der Waals surface area (Å²) in [6.45, 7) is 2.92. The third kappa shape index (κ3) is 43.1. The molecule has 0 aromatic carbocycles. The van der Waals surface area contributed by atoms with Gasteiger partial charge in [0.1, 0.15) is 48.8 Å². The lowest BCUT2D eigenvalue weighted by molar-refractivity contribution is -0.359. The highest BCUT2D eigenvalue weighted by Gasteiger charge is 2.51. The van der Waals surface area contributed by atoms with Crippen molar-refractivity contribution in [3.63, 3.8) is 0 Å². The molecule has 0 aromatic rings. The van der Waals surface area contributed by atoms with Crippen LogP contribution in [0.3, 0.4) is 0 Å². The van der Waals surface area contributed by atoms with Gasteiger partial charge in [-0.1, -0.05) is 354 Å². The maximum Gasteiger partial charge on any atom is 0.220 e. The minimum Gasteiger partial charge on any atom is -0.394 e. The van der Waals surface area contributed by atoms with Crippen LogP contribution in [-0.4, -0.2) is 140 Å². The molecule has 1 amide bonds. The molecule has 2 fully saturated rings. The molecule has 9 N–H and O–H groups in total. The number of aliphatic hydroxyl groups excluding tert-OH is 8. The number of ether oxygens (including phenoxy) is 4. The van der Waals surface area contributed by atoms with E-state index in [0.29, 0.717) is 12.8 Å². The number of amides is 1. The number of hydrogen-bond acceptors (Lipinski definition) is 13. The van der Waals surface area contributed by atoms with Gasteiger partial charge in [0, 0.05) is 6.42 Å². The molecular weight excluding hydrogens is 1110 g/mol. The van der Waals surface area contributed by atoms with Gasteiger partial charge in [0.2, 0.25) is 5.91 Å². The van der Waals surface area contributed by atoms with E-state index in [4.69, 9.17) is 18.9 Å². The van der Waals surface area contributed by atoms with Crippen molar-refractivity contribution in [1.29, 1.82) is 0 Å². The molecule has 2 saturated heterocycles. The first kappa shape index (κ1) is 83.1. The fourth-order valence-electron chi connectivity index (χ4n) is 13.2. The Labute approximate surface area is 540 Å². The number of rotatable bonds is 65. The zero-order valence-electron chi connectivity index (χ0n) is 57.3. The van der Waals surface area contributed by atoms with Crippen LogP contribution in [0.5, 0.6) is 0 Å². The summed E-state index contributed by atoms with van der Waals surface area (Å²) in [5.74, 6) is -0.197. The number of nitrogens with one attached hydrogen (secondary N) is 1. The number of hydrogen-bond donors (Lipinski definition) is 9. The van der Waals surface area contributed by atoms with E-state index in [1.807, 2.05) is 0 Å². The topological polar surface area (TPSA) is 228 Å². The van der Waals surface area contributed by atoms with Gasteiger partial charge >= 0.3 is 0 Å². The lowest BCUT2D eigenvalue weighted by Gasteiger charge is -2.46. The van der Waals surface area contributed by atoms with Gasteiger partial charge in [-0.3, -0.25) is 4.79 Å². The monoisotopic (exact) mass is 1260 g/mol. The molecule has 0 aliphatic carbocycles. The summed E-state index contributed by atoms with van der Waals surface area (Å²) in [5, 5.41) is 87.5. The van der Waals surface area contributed by atoms with E-state index >= 15 is 0 Å². The molecule has 0 bridgehead atoms. The molecule has 0 radical (unpaired) electrons. The van der Waals surface area contributed by atoms with Crippen LogP contribution >= 0.6 is 0 Å². The molecule has 14 nitrogen and oxygen atoms in total. The van der Waals surface area contributed by atoms with Crippen molar-refractivity contribution in [3.05, 3.63) is 0 Å². The lowest BCUT2D eigenvalue weighted by Crippen LogP contribution is -2.65. The molecule has 0 aromatic heterocycles. The van der Waals surface area contributed by atoms with E-state index < -0.39 is 86.8 Å². The first-order valence-electron chi connectivity index (χ1n) is 38.3. The van der Waals surface area contributed by atoms with Crippen LogP contribution in [0, 0.1) is 0 Å². The molecule has 88 heavy (non-hydrogen) atoms. The predicted molar refractivity (Wildman–Crippen MR) is 360 cm³/mol. The summed E-state index contributed by atoms with van der Waals surface area (Å²) >= 11 is 0. The van der Waals surface area contributed by atoms with Crippen LogP contribution in [0.25, 0.3) is 0 Å². The van der Waals surface area contributed by atoms with E-state index in [1.165, 1.54) is 295 Å². The van der Waals surface area contributed by atoms with Crippen molar-refractivity contribution in [2.75, 3.05) is 19.8 Å². The summed E-state index contributed by atoms with van der Waals surface area (Å²) in [5.41, 5.74) is 0. The van der Waals surface area contributed by atoms with Crippen LogP contribution < -0.4 is 5.32 Å². The molecule has 2 rings (SSSR count). The normalized spacial score (nSPS) is 23.0. The minimum atomic E-state index is -1.78. The Bertz CT molecular complexity index is 1480. The first-order valence-corrected chi connectivity index (χ1v) is 38.3. The maximum absolute atomic E-state index is 13.3. The molecular formula is C74H145NO13. The summed E-state index contributed by atoms with van der Waals surface area (Å²) in [6.07, 6.45) is 56.0. The summed E-state index contributed by atoms with van der Waals surface area (Å²) < 4.78 is 22.9. The average molecular weight is 1260 g/mol. The van der Waals surface area contributed by atoms with Gasteiger partial charge in [0.25, 0.3) is 0 Å². The van der Waals surface area contributed by atoms with Crippen molar-refractivity contribution >= 4 is 5.91 Å². The average Bonchev–Trinajstić information content (AvgIpc) is 2.99. The second kappa shape index (κ2) is 59.7. The summed E-state index contributed by atoms with van der Waals surface area (Å²) in [7, 11) is 0. The number of carbonyl (C=O) groups is 1. The van der Waals surface area contributed by atoms with Crippen molar-refractivity contribution in [2.45, 2.75) is 447 Å². The van der Waals surface area contributed by atoms with Gasteiger partial charge in [-0.05, 0) is 12.8 Å². The fourth-order valence-corrected chi connectivity index (χ4v) is 13.2. The lowest BCUT2D eigenvalue weighted by atomic mass is 9.97. The maximum atomic E-state index is 13.3. The van der Waals surface area contributed by atoms with Crippen LogP contribution in [0.2, 0.25) is 0 Å². The number of aliphatic hydroxyl groups is 8. The van der Waals surface area contributed by atoms with Gasteiger partial charge < -0.3 is 65.1 Å². The van der Waals surface area contributed by atoms with Gasteiger partial charge in [0.05, 0.1) is 32.0 Å². The quantitative estimate of drug-likeness (QED) is 0.0259. The molecule has 12 atom stereocenters. The molecule has 2 aliphatic rings. The summed E-state index contributed by atoms with van der Waals surface area (Å²) in [6, 6.07) is -0.824. The van der Waals surface area contributed by atoms with E-state index in [0.717, 1.165) is 51.4 Å². The highest BCUT2D eigenvalue weighted by atomic mass is 16.7. The zero-order valence-corrected chi connectivity index (χ0v) is 57.3. The highest BCUT2D eigenvalue weighted by Crippen LogP contribution is 2.30. The molecule has 0 spiro atoms. The Morgan fingerprint density at radius 2 is 0.648 bits per heavy atom. The van der Waals surface area contributed by atoms with Gasteiger partial charge in [0.15, 0.2) is 12.6 Å². The van der Waals surface area contributed by atoms with E-state index in [9.17, 15) is 45.6 Å². The Balaban J connectivity index is 1.53. The van der Waals surface area contributed by atoms with E-state index in [-0.39, 0.29) is 12.5 Å². The van der Waals surface area contributed by atoms with Crippen LogP contribution in [0.4, 0.5) is 0 Å².